The molecule has 1 aliphatic carbocycles. The predicted octanol–water partition coefficient (Wildman–Crippen LogP) is 5.48. The van der Waals surface area contributed by atoms with Gasteiger partial charge in [-0.2, -0.15) is 0 Å². The van der Waals surface area contributed by atoms with Gasteiger partial charge in [0.1, 0.15) is 11.6 Å². The van der Waals surface area contributed by atoms with Gasteiger partial charge in [0.05, 0.1) is 22.6 Å². The number of rotatable bonds is 5. The number of hydrogen-bond donors (Lipinski definition) is 1. The van der Waals surface area contributed by atoms with Crippen molar-refractivity contribution < 1.29 is 9.18 Å². The summed E-state index contributed by atoms with van der Waals surface area (Å²) in [7, 11) is 0. The van der Waals surface area contributed by atoms with Gasteiger partial charge in [0.25, 0.3) is 5.56 Å². The number of urea groups is 1. The molecule has 2 aromatic carbocycles. The van der Waals surface area contributed by atoms with Crippen LogP contribution >= 0.6 is 0 Å². The summed E-state index contributed by atoms with van der Waals surface area (Å²) in [5.74, 6) is 0.0665. The van der Waals surface area contributed by atoms with Gasteiger partial charge >= 0.3 is 6.03 Å². The van der Waals surface area contributed by atoms with E-state index in [0.29, 0.717) is 23.3 Å². The van der Waals surface area contributed by atoms with Gasteiger partial charge in [0.15, 0.2) is 0 Å². The summed E-state index contributed by atoms with van der Waals surface area (Å²) in [6, 6.07) is 12.6. The van der Waals surface area contributed by atoms with Crippen LogP contribution in [0.2, 0.25) is 0 Å². The standard InChI is InChI=1S/C25H29FN4O2/c1-3-29-23(27-21-15-9-7-13-19(21)24(29)31)17(2)30(18-11-5-4-6-12-18)25(32)28-22-16-10-8-14-20(22)26/h7-10,13-18H,3-6,11-12H2,1-2H3,(H,28,32). The molecule has 1 saturated carbocycles. The molecule has 32 heavy (non-hydrogen) atoms. The van der Waals surface area contributed by atoms with Gasteiger partial charge in [-0.1, -0.05) is 43.5 Å². The zero-order valence-corrected chi connectivity index (χ0v) is 18.6. The Kier molecular flexibility index (Phi) is 6.53. The van der Waals surface area contributed by atoms with Gasteiger partial charge in [0, 0.05) is 12.6 Å². The highest BCUT2D eigenvalue weighted by Crippen LogP contribution is 2.31. The highest BCUT2D eigenvalue weighted by Gasteiger charge is 2.33. The highest BCUT2D eigenvalue weighted by atomic mass is 19.1. The van der Waals surface area contributed by atoms with Gasteiger partial charge in [-0.15, -0.1) is 0 Å². The van der Waals surface area contributed by atoms with E-state index in [2.05, 4.69) is 5.32 Å². The topological polar surface area (TPSA) is 67.2 Å². The van der Waals surface area contributed by atoms with E-state index in [1.54, 1.807) is 33.7 Å². The zero-order valence-electron chi connectivity index (χ0n) is 18.6. The van der Waals surface area contributed by atoms with E-state index in [0.717, 1.165) is 32.1 Å². The minimum absolute atomic E-state index is 0.000739. The molecular formula is C25H29FN4O2. The number of carbonyl (C=O) groups is 1. The maximum absolute atomic E-state index is 14.2. The van der Waals surface area contributed by atoms with Crippen LogP contribution in [0.5, 0.6) is 0 Å². The number of benzene rings is 2. The van der Waals surface area contributed by atoms with Gasteiger partial charge in [-0.25, -0.2) is 14.2 Å². The van der Waals surface area contributed by atoms with E-state index < -0.39 is 11.9 Å². The molecule has 1 atom stereocenters. The Labute approximate surface area is 187 Å². The van der Waals surface area contributed by atoms with E-state index in [4.69, 9.17) is 4.98 Å². The molecule has 6 nitrogen and oxygen atoms in total. The molecule has 0 aliphatic heterocycles. The summed E-state index contributed by atoms with van der Waals surface area (Å²) in [4.78, 5) is 33.2. The number of aromatic nitrogens is 2. The monoisotopic (exact) mass is 436 g/mol. The lowest BCUT2D eigenvalue weighted by atomic mass is 9.93. The van der Waals surface area contributed by atoms with Crippen LogP contribution in [-0.2, 0) is 6.54 Å². The normalized spacial score (nSPS) is 15.5. The van der Waals surface area contributed by atoms with E-state index in [-0.39, 0.29) is 23.3 Å². The number of hydrogen-bond acceptors (Lipinski definition) is 3. The van der Waals surface area contributed by atoms with Crippen LogP contribution in [0.3, 0.4) is 0 Å². The van der Waals surface area contributed by atoms with Crippen molar-refractivity contribution in [2.75, 3.05) is 5.32 Å². The number of amides is 2. The Hall–Kier alpha value is -3.22. The molecule has 0 radical (unpaired) electrons. The largest absolute Gasteiger partial charge is 0.322 e. The third-order valence-corrected chi connectivity index (χ3v) is 6.32. The fourth-order valence-corrected chi connectivity index (χ4v) is 4.69. The Morgan fingerprint density at radius 1 is 1.16 bits per heavy atom. The first kappa shape index (κ1) is 22.0. The molecule has 7 heteroatoms. The predicted molar refractivity (Wildman–Crippen MR) is 124 cm³/mol. The zero-order chi connectivity index (χ0) is 22.7. The van der Waals surface area contributed by atoms with Crippen molar-refractivity contribution in [1.29, 1.82) is 0 Å². The average molecular weight is 437 g/mol. The summed E-state index contributed by atoms with van der Waals surface area (Å²) in [6.45, 7) is 4.25. The number of fused-ring (bicyclic) bond motifs is 1. The molecule has 1 heterocycles. The highest BCUT2D eigenvalue weighted by molar-refractivity contribution is 5.90. The van der Waals surface area contributed by atoms with Crippen LogP contribution in [0.25, 0.3) is 10.9 Å². The van der Waals surface area contributed by atoms with Crippen molar-refractivity contribution in [1.82, 2.24) is 14.5 Å². The Bertz CT molecular complexity index is 1170. The molecule has 2 amide bonds. The molecule has 0 saturated heterocycles. The van der Waals surface area contributed by atoms with Crippen LogP contribution in [0.1, 0.15) is 57.8 Å². The Morgan fingerprint density at radius 3 is 2.56 bits per heavy atom. The third kappa shape index (κ3) is 4.24. The molecule has 3 aromatic rings. The van der Waals surface area contributed by atoms with Gasteiger partial charge in [-0.05, 0) is 51.0 Å². The number of carbonyl (C=O) groups excluding carboxylic acids is 1. The molecule has 1 N–H and O–H groups in total. The fraction of sp³-hybridized carbons (Fsp3) is 0.400. The molecule has 1 fully saturated rings. The Morgan fingerprint density at radius 2 is 1.84 bits per heavy atom. The quantitative estimate of drug-likeness (QED) is 0.576. The number of nitrogens with zero attached hydrogens (tertiary/aromatic N) is 3. The molecule has 168 valence electrons. The van der Waals surface area contributed by atoms with E-state index >= 15 is 0 Å². The second-order valence-corrected chi connectivity index (χ2v) is 8.32. The lowest BCUT2D eigenvalue weighted by Gasteiger charge is -2.38. The van der Waals surface area contributed by atoms with Crippen molar-refractivity contribution in [3.63, 3.8) is 0 Å². The van der Waals surface area contributed by atoms with Crippen molar-refractivity contribution in [3.8, 4) is 0 Å². The van der Waals surface area contributed by atoms with Crippen molar-refractivity contribution >= 4 is 22.6 Å². The van der Waals surface area contributed by atoms with Gasteiger partial charge in [0.2, 0.25) is 0 Å². The number of halogens is 1. The summed E-state index contributed by atoms with van der Waals surface area (Å²) >= 11 is 0. The van der Waals surface area contributed by atoms with E-state index in [1.807, 2.05) is 32.0 Å². The van der Waals surface area contributed by atoms with Gasteiger partial charge in [-0.3, -0.25) is 9.36 Å². The van der Waals surface area contributed by atoms with Crippen LogP contribution in [-0.4, -0.2) is 26.5 Å². The third-order valence-electron chi connectivity index (χ3n) is 6.32. The average Bonchev–Trinajstić information content (AvgIpc) is 2.81. The van der Waals surface area contributed by atoms with E-state index in [1.165, 1.54) is 6.07 Å². The fourth-order valence-electron chi connectivity index (χ4n) is 4.69. The van der Waals surface area contributed by atoms with E-state index in [9.17, 15) is 14.0 Å². The summed E-state index contributed by atoms with van der Waals surface area (Å²) in [5.41, 5.74) is 0.644. The molecular weight excluding hydrogens is 407 g/mol. The maximum Gasteiger partial charge on any atom is 0.322 e. The van der Waals surface area contributed by atoms with Crippen molar-refractivity contribution in [2.24, 2.45) is 0 Å². The first-order valence-electron chi connectivity index (χ1n) is 11.3. The van der Waals surface area contributed by atoms with Gasteiger partial charge < -0.3 is 10.2 Å². The summed E-state index contributed by atoms with van der Waals surface area (Å²) < 4.78 is 15.9. The molecule has 4 rings (SSSR count). The van der Waals surface area contributed by atoms with Crippen LogP contribution in [0.15, 0.2) is 53.3 Å². The molecule has 1 unspecified atom stereocenters. The van der Waals surface area contributed by atoms with Crippen LogP contribution in [0, 0.1) is 5.82 Å². The first-order valence-corrected chi connectivity index (χ1v) is 11.3. The number of anilines is 1. The molecule has 0 bridgehead atoms. The van der Waals surface area contributed by atoms with Crippen molar-refractivity contribution in [2.45, 2.75) is 64.6 Å². The lowest BCUT2D eigenvalue weighted by molar-refractivity contribution is 0.134. The second kappa shape index (κ2) is 9.51. The molecule has 1 aliphatic rings. The van der Waals surface area contributed by atoms with Crippen LogP contribution in [0.4, 0.5) is 14.9 Å². The minimum atomic E-state index is -0.480. The smallest absolute Gasteiger partial charge is 0.312 e. The lowest BCUT2D eigenvalue weighted by Crippen LogP contribution is -2.47. The molecule has 0 spiro atoms. The van der Waals surface area contributed by atoms with Crippen molar-refractivity contribution in [3.05, 3.63) is 70.5 Å². The maximum atomic E-state index is 14.2. The number of para-hydroxylation sites is 2. The Balaban J connectivity index is 1.76. The van der Waals surface area contributed by atoms with Crippen LogP contribution < -0.4 is 10.9 Å². The second-order valence-electron chi connectivity index (χ2n) is 8.32. The number of nitrogens with one attached hydrogen (secondary N) is 1. The summed E-state index contributed by atoms with van der Waals surface area (Å²) in [6.07, 6.45) is 4.96. The first-order chi connectivity index (χ1) is 15.5. The summed E-state index contributed by atoms with van der Waals surface area (Å²) in [5, 5.41) is 3.30. The molecule has 1 aromatic heterocycles. The SMILES string of the molecule is CCn1c(C(C)N(C(=O)Nc2ccccc2F)C2CCCCC2)nc2ccccc2c1=O. The minimum Gasteiger partial charge on any atom is -0.312 e.